The number of sulfonamides is 1. The summed E-state index contributed by atoms with van der Waals surface area (Å²) in [4.78, 5) is 23.9. The lowest BCUT2D eigenvalue weighted by Crippen LogP contribution is -2.45. The van der Waals surface area contributed by atoms with Crippen LogP contribution >= 0.6 is 0 Å². The van der Waals surface area contributed by atoms with Gasteiger partial charge in [0.25, 0.3) is 15.9 Å². The third-order valence-corrected chi connectivity index (χ3v) is 8.87. The Hall–Kier alpha value is -3.73. The van der Waals surface area contributed by atoms with Crippen molar-refractivity contribution in [2.45, 2.75) is 69.4 Å². The fraction of sp³-hybridized carbons (Fsp3) is 0.577. The molecule has 2 aliphatic rings. The smallest absolute Gasteiger partial charge is 0.427 e. The number of benzene rings is 1. The molecule has 43 heavy (non-hydrogen) atoms. The summed E-state index contributed by atoms with van der Waals surface area (Å²) in [6.45, 7) is 2.41. The summed E-state index contributed by atoms with van der Waals surface area (Å²) in [6, 6.07) is 3.80. The highest BCUT2D eigenvalue weighted by Gasteiger charge is 2.51. The quantitative estimate of drug-likeness (QED) is 0.313. The van der Waals surface area contributed by atoms with Crippen LogP contribution in [0.3, 0.4) is 0 Å². The van der Waals surface area contributed by atoms with Crippen LogP contribution in [0.15, 0.2) is 29.3 Å². The van der Waals surface area contributed by atoms with Gasteiger partial charge in [-0.3, -0.25) is 19.1 Å². The van der Waals surface area contributed by atoms with Gasteiger partial charge in [0.2, 0.25) is 5.60 Å². The highest BCUT2D eigenvalue weighted by atomic mass is 32.2. The Balaban J connectivity index is 1.71. The van der Waals surface area contributed by atoms with E-state index in [4.69, 9.17) is 9.47 Å². The second-order valence-corrected chi connectivity index (χ2v) is 12.6. The van der Waals surface area contributed by atoms with E-state index in [9.17, 15) is 41.4 Å². The van der Waals surface area contributed by atoms with E-state index >= 15 is 0 Å². The molecule has 1 aromatic heterocycles. The monoisotopic (exact) mass is 634 g/mol. The first-order valence-electron chi connectivity index (χ1n) is 13.5. The maximum absolute atomic E-state index is 14.1. The molecule has 238 valence electrons. The number of ether oxygens (including phenoxy) is 3. The molecule has 1 aliphatic heterocycles. The summed E-state index contributed by atoms with van der Waals surface area (Å²) in [5.74, 6) is -2.05. The lowest BCUT2D eigenvalue weighted by Gasteiger charge is -2.36. The van der Waals surface area contributed by atoms with Crippen LogP contribution in [0, 0.1) is 11.8 Å². The molecular formula is C26H33F3N4O9S. The first kappa shape index (κ1) is 32.2. The molecule has 1 unspecified atom stereocenters. The fourth-order valence-corrected chi connectivity index (χ4v) is 6.11. The number of amides is 1. The van der Waals surface area contributed by atoms with Crippen molar-refractivity contribution in [2.24, 2.45) is 11.8 Å². The summed E-state index contributed by atoms with van der Waals surface area (Å²) in [5, 5.41) is 25.3. The third kappa shape index (κ3) is 7.09. The molecule has 17 heteroatoms. The molecule has 13 nitrogen and oxygen atoms in total. The predicted octanol–water partition coefficient (Wildman–Crippen LogP) is 3.62. The number of fused-ring (bicyclic) bond motifs is 1. The number of carboxylic acids is 1. The lowest BCUT2D eigenvalue weighted by molar-refractivity contribution is -0.242. The van der Waals surface area contributed by atoms with E-state index in [0.29, 0.717) is 20.4 Å². The number of rotatable bonds is 12. The van der Waals surface area contributed by atoms with Crippen molar-refractivity contribution in [1.29, 1.82) is 0 Å². The van der Waals surface area contributed by atoms with E-state index in [-0.39, 0.29) is 53.4 Å². The van der Waals surface area contributed by atoms with Gasteiger partial charge in [-0.1, -0.05) is 0 Å². The van der Waals surface area contributed by atoms with Gasteiger partial charge >= 0.3 is 18.2 Å². The number of aliphatic carboxylic acids is 1. The zero-order valence-electron chi connectivity index (χ0n) is 23.6. The van der Waals surface area contributed by atoms with Crippen molar-refractivity contribution in [3.05, 3.63) is 24.4 Å². The van der Waals surface area contributed by atoms with E-state index in [2.05, 4.69) is 15.2 Å². The van der Waals surface area contributed by atoms with Gasteiger partial charge in [-0.15, -0.1) is 5.10 Å². The molecule has 0 radical (unpaired) electrons. The Bertz CT molecular complexity index is 1460. The number of carbonyl (C=O) groups excluding carboxylic acids is 1. The molecule has 1 aromatic carbocycles. The Morgan fingerprint density at radius 3 is 2.53 bits per heavy atom. The number of nitrogens with one attached hydrogen (secondary N) is 1. The maximum Gasteiger partial charge on any atom is 0.427 e. The van der Waals surface area contributed by atoms with Crippen molar-refractivity contribution in [3.8, 4) is 11.6 Å². The highest BCUT2D eigenvalue weighted by Crippen LogP contribution is 2.44. The van der Waals surface area contributed by atoms with Gasteiger partial charge in [0.15, 0.2) is 4.90 Å². The van der Waals surface area contributed by atoms with Gasteiger partial charge in [-0.2, -0.15) is 13.2 Å². The fourth-order valence-electron chi connectivity index (χ4n) is 4.54. The predicted molar refractivity (Wildman–Crippen MR) is 145 cm³/mol. The molecule has 1 saturated carbocycles. The van der Waals surface area contributed by atoms with Crippen LogP contribution in [-0.2, 0) is 26.1 Å². The van der Waals surface area contributed by atoms with Crippen molar-refractivity contribution < 1.29 is 55.6 Å². The largest absolute Gasteiger partial charge is 0.486 e. The minimum atomic E-state index is -4.85. The number of carbonyl (C=O) groups is 2. The Kier molecular flexibility index (Phi) is 9.06. The molecule has 1 aliphatic carbocycles. The van der Waals surface area contributed by atoms with Crippen molar-refractivity contribution in [2.75, 3.05) is 29.4 Å². The number of aryl methyl sites for hydroxylation is 1. The average molecular weight is 635 g/mol. The standard InChI is InChI=1S/C26H33F3N4O9S/c1-4-32-14-21(22(31-32)40-10-9-34)43(38,39)33-13-17(12-18(23(35)36)15-5-6-15)41-20-8-7-16(11-19(20)33)30-24(37)42-25(2,3)26(27,28)29/h7-8,11,14-15,17-18,34H,4-6,9-10,12-13H2,1-3H3,(H,30,37)(H,35,36)/t17-,18?/m0/s1. The van der Waals surface area contributed by atoms with E-state index in [1.807, 2.05) is 0 Å². The molecule has 0 bridgehead atoms. The first-order chi connectivity index (χ1) is 20.1. The minimum absolute atomic E-state index is 0.0202. The van der Waals surface area contributed by atoms with Gasteiger partial charge in [0, 0.05) is 18.4 Å². The second kappa shape index (κ2) is 12.1. The molecule has 2 atom stereocenters. The van der Waals surface area contributed by atoms with Gasteiger partial charge in [-0.25, -0.2) is 13.2 Å². The van der Waals surface area contributed by atoms with Crippen LogP contribution in [0.25, 0.3) is 0 Å². The van der Waals surface area contributed by atoms with Crippen LogP contribution in [0.4, 0.5) is 29.3 Å². The van der Waals surface area contributed by atoms with Gasteiger partial charge in [-0.05, 0) is 64.2 Å². The number of aromatic nitrogens is 2. The van der Waals surface area contributed by atoms with Crippen LogP contribution in [0.1, 0.15) is 40.0 Å². The lowest BCUT2D eigenvalue weighted by atomic mass is 9.95. The van der Waals surface area contributed by atoms with Crippen molar-refractivity contribution >= 4 is 33.5 Å². The first-order valence-corrected chi connectivity index (χ1v) is 15.0. The molecule has 2 aromatic rings. The number of hydrogen-bond donors (Lipinski definition) is 3. The number of carboxylic acid groups (broad SMARTS) is 1. The topological polar surface area (TPSA) is 170 Å². The number of anilines is 2. The van der Waals surface area contributed by atoms with Crippen LogP contribution in [0.5, 0.6) is 11.6 Å². The Labute approximate surface area is 245 Å². The van der Waals surface area contributed by atoms with E-state index in [0.717, 1.165) is 17.1 Å². The van der Waals surface area contributed by atoms with E-state index < -0.39 is 52.5 Å². The summed E-state index contributed by atoms with van der Waals surface area (Å²) in [5.41, 5.74) is -2.96. The number of hydrogen-bond acceptors (Lipinski definition) is 9. The van der Waals surface area contributed by atoms with E-state index in [1.54, 1.807) is 6.92 Å². The third-order valence-electron chi connectivity index (χ3n) is 7.11. The number of aliphatic hydroxyl groups excluding tert-OH is 1. The summed E-state index contributed by atoms with van der Waals surface area (Å²) < 4.78 is 86.1. The zero-order valence-corrected chi connectivity index (χ0v) is 24.4. The van der Waals surface area contributed by atoms with Crippen LogP contribution < -0.4 is 19.1 Å². The Morgan fingerprint density at radius 2 is 1.95 bits per heavy atom. The van der Waals surface area contributed by atoms with E-state index in [1.165, 1.54) is 29.1 Å². The molecule has 4 rings (SSSR count). The van der Waals surface area contributed by atoms with Gasteiger partial charge < -0.3 is 24.4 Å². The van der Waals surface area contributed by atoms with Gasteiger partial charge in [0.1, 0.15) is 18.5 Å². The molecule has 2 heterocycles. The van der Waals surface area contributed by atoms with Crippen LogP contribution in [-0.4, -0.2) is 78.1 Å². The van der Waals surface area contributed by atoms with Gasteiger partial charge in [0.05, 0.1) is 24.8 Å². The number of halogens is 3. The summed E-state index contributed by atoms with van der Waals surface area (Å²) in [7, 11) is -4.49. The molecular weight excluding hydrogens is 601 g/mol. The molecule has 1 amide bonds. The second-order valence-electron chi connectivity index (χ2n) is 10.7. The number of aliphatic hydroxyl groups is 1. The molecule has 0 saturated heterocycles. The highest BCUT2D eigenvalue weighted by molar-refractivity contribution is 7.93. The van der Waals surface area contributed by atoms with Crippen molar-refractivity contribution in [3.63, 3.8) is 0 Å². The molecule has 1 fully saturated rings. The van der Waals surface area contributed by atoms with Crippen molar-refractivity contribution in [1.82, 2.24) is 9.78 Å². The number of nitrogens with zero attached hydrogens (tertiary/aromatic N) is 3. The SMILES string of the molecule is CCn1cc(S(=O)(=O)N2C[C@H](CC(C(=O)O)C3CC3)Oc3ccc(NC(=O)OC(C)(C)C(F)(F)F)cc32)c(OCCO)n1. The summed E-state index contributed by atoms with van der Waals surface area (Å²) in [6.07, 6.45) is -4.41. The molecule has 3 N–H and O–H groups in total. The maximum atomic E-state index is 14.1. The Morgan fingerprint density at radius 1 is 1.26 bits per heavy atom. The zero-order chi connectivity index (χ0) is 31.7. The average Bonchev–Trinajstić information content (AvgIpc) is 3.66. The van der Waals surface area contributed by atoms with Crippen LogP contribution in [0.2, 0.25) is 0 Å². The minimum Gasteiger partial charge on any atom is -0.486 e. The molecule has 0 spiro atoms. The summed E-state index contributed by atoms with van der Waals surface area (Å²) >= 11 is 0. The number of alkyl halides is 3. The normalized spacial score (nSPS) is 17.9.